The Morgan fingerprint density at radius 3 is 1.30 bits per heavy atom. The van der Waals surface area contributed by atoms with Crippen molar-refractivity contribution in [1.82, 2.24) is 0 Å². The molecule has 1 nitrogen and oxygen atoms in total. The van der Waals surface area contributed by atoms with E-state index in [-0.39, 0.29) is 10.8 Å². The molecule has 37 heavy (non-hydrogen) atoms. The summed E-state index contributed by atoms with van der Waals surface area (Å²) in [6, 6.07) is 13.7. The number of hydrogen-bond donors (Lipinski definition) is 0. The summed E-state index contributed by atoms with van der Waals surface area (Å²) in [7, 11) is 0. The fraction of sp³-hybridized carbons (Fsp3) is 0.556. The molecule has 0 radical (unpaired) electrons. The third kappa shape index (κ3) is 10.9. The van der Waals surface area contributed by atoms with Crippen LogP contribution >= 0.6 is 0 Å². The molecule has 0 saturated heterocycles. The van der Waals surface area contributed by atoms with Crippen LogP contribution < -0.4 is 4.74 Å². The molecule has 0 atom stereocenters. The first-order chi connectivity index (χ1) is 17.6. The first-order valence-corrected chi connectivity index (χ1v) is 14.7. The maximum atomic E-state index is 6.74. The summed E-state index contributed by atoms with van der Waals surface area (Å²) in [5, 5.41) is 0. The van der Waals surface area contributed by atoms with Gasteiger partial charge in [-0.25, -0.2) is 0 Å². The van der Waals surface area contributed by atoms with Gasteiger partial charge in [0.05, 0.1) is 0 Å². The van der Waals surface area contributed by atoms with Gasteiger partial charge in [0.2, 0.25) is 0 Å². The van der Waals surface area contributed by atoms with Crippen LogP contribution in [0.2, 0.25) is 0 Å². The second kappa shape index (κ2) is 15.2. The van der Waals surface area contributed by atoms with Gasteiger partial charge < -0.3 is 4.74 Å². The van der Waals surface area contributed by atoms with Crippen molar-refractivity contribution in [3.05, 3.63) is 84.0 Å². The Hall–Kier alpha value is -2.28. The highest BCUT2D eigenvalue weighted by Gasteiger charge is 2.19. The first kappa shape index (κ1) is 30.9. The van der Waals surface area contributed by atoms with Crippen molar-refractivity contribution in [1.29, 1.82) is 0 Å². The van der Waals surface area contributed by atoms with Crippen LogP contribution in [0.25, 0.3) is 0 Å². The number of unbranched alkanes of at least 4 members (excludes halogenated alkanes) is 8. The molecule has 0 unspecified atom stereocenters. The van der Waals surface area contributed by atoms with E-state index in [4.69, 9.17) is 4.74 Å². The lowest BCUT2D eigenvalue weighted by Gasteiger charge is -2.23. The van der Waals surface area contributed by atoms with Gasteiger partial charge in [0, 0.05) is 0 Å². The maximum Gasteiger partial charge on any atom is 0.130 e. The van der Waals surface area contributed by atoms with Crippen LogP contribution in [0.15, 0.2) is 61.7 Å². The minimum absolute atomic E-state index is 0.127. The molecule has 0 N–H and O–H groups in total. The molecule has 0 saturated carbocycles. The summed E-state index contributed by atoms with van der Waals surface area (Å²) in [4.78, 5) is 0. The molecule has 0 aliphatic heterocycles. The molecule has 0 bridgehead atoms. The number of allylic oxidation sites excluding steroid dienone is 2. The van der Waals surface area contributed by atoms with Crippen LogP contribution in [0.4, 0.5) is 0 Å². The summed E-state index contributed by atoms with van der Waals surface area (Å²) in [5.41, 5.74) is 5.69. The SMILES string of the molecule is C=CCCCCCCc1cc(C(C)(C)C)ccc1Oc1ccc(C(C)(C)C)cc1CCCCCCC=C. The molecular formula is C36H54O. The van der Waals surface area contributed by atoms with Crippen molar-refractivity contribution in [2.24, 2.45) is 0 Å². The molecule has 0 spiro atoms. The largest absolute Gasteiger partial charge is 0.457 e. The quantitative estimate of drug-likeness (QED) is 0.164. The van der Waals surface area contributed by atoms with E-state index in [0.717, 1.165) is 37.2 Å². The second-order valence-corrected chi connectivity index (χ2v) is 12.7. The van der Waals surface area contributed by atoms with Crippen molar-refractivity contribution >= 4 is 0 Å². The first-order valence-electron chi connectivity index (χ1n) is 14.7. The average Bonchev–Trinajstić information content (AvgIpc) is 2.83. The lowest BCUT2D eigenvalue weighted by molar-refractivity contribution is 0.463. The number of rotatable bonds is 16. The predicted molar refractivity (Wildman–Crippen MR) is 164 cm³/mol. The molecule has 2 rings (SSSR count). The van der Waals surface area contributed by atoms with Crippen molar-refractivity contribution in [2.45, 2.75) is 129 Å². The standard InChI is InChI=1S/C36H54O/c1-9-11-13-15-17-19-21-29-27-31(35(3,4)5)23-25-33(29)37-34-26-24-32(36(6,7)8)28-30(34)22-20-18-16-14-12-10-2/h9-10,23-28H,1-2,11-22H2,3-8H3. The Labute approximate surface area is 229 Å². The summed E-state index contributed by atoms with van der Waals surface area (Å²) in [5.74, 6) is 2.05. The van der Waals surface area contributed by atoms with Crippen LogP contribution in [-0.4, -0.2) is 0 Å². The summed E-state index contributed by atoms with van der Waals surface area (Å²) >= 11 is 0. The van der Waals surface area contributed by atoms with Crippen molar-refractivity contribution in [2.75, 3.05) is 0 Å². The van der Waals surface area contributed by atoms with Gasteiger partial charge in [0.1, 0.15) is 11.5 Å². The molecule has 0 fully saturated rings. The maximum absolute atomic E-state index is 6.74. The highest BCUT2D eigenvalue weighted by atomic mass is 16.5. The molecule has 2 aromatic carbocycles. The number of ether oxygens (including phenoxy) is 1. The number of benzene rings is 2. The van der Waals surface area contributed by atoms with Crippen LogP contribution in [0.3, 0.4) is 0 Å². The minimum Gasteiger partial charge on any atom is -0.457 e. The molecule has 2 aromatic rings. The van der Waals surface area contributed by atoms with Gasteiger partial charge in [0.25, 0.3) is 0 Å². The summed E-state index contributed by atoms with van der Waals surface area (Å²) < 4.78 is 6.74. The van der Waals surface area contributed by atoms with Crippen LogP contribution in [0.1, 0.15) is 128 Å². The lowest BCUT2D eigenvalue weighted by Crippen LogP contribution is -2.12. The van der Waals surface area contributed by atoms with Gasteiger partial charge in [-0.1, -0.05) is 104 Å². The van der Waals surface area contributed by atoms with Gasteiger partial charge in [-0.3, -0.25) is 0 Å². The molecule has 0 amide bonds. The lowest BCUT2D eigenvalue weighted by atomic mass is 9.85. The monoisotopic (exact) mass is 502 g/mol. The molecule has 0 aliphatic carbocycles. The van der Waals surface area contributed by atoms with E-state index in [1.54, 1.807) is 0 Å². The van der Waals surface area contributed by atoms with E-state index >= 15 is 0 Å². The Kier molecular flexibility index (Phi) is 12.7. The Bertz CT molecular complexity index is 888. The highest BCUT2D eigenvalue weighted by Crippen LogP contribution is 2.36. The molecule has 0 heterocycles. The highest BCUT2D eigenvalue weighted by molar-refractivity contribution is 5.46. The minimum atomic E-state index is 0.127. The van der Waals surface area contributed by atoms with E-state index in [2.05, 4.69) is 91.1 Å². The fourth-order valence-electron chi connectivity index (χ4n) is 4.72. The van der Waals surface area contributed by atoms with Gasteiger partial charge in [-0.05, 0) is 96.6 Å². The van der Waals surface area contributed by atoms with Gasteiger partial charge in [-0.2, -0.15) is 0 Å². The van der Waals surface area contributed by atoms with Crippen LogP contribution in [0, 0.1) is 0 Å². The molecular weight excluding hydrogens is 448 g/mol. The van der Waals surface area contributed by atoms with Gasteiger partial charge in [0.15, 0.2) is 0 Å². The summed E-state index contributed by atoms with van der Waals surface area (Å²) in [6.07, 6.45) is 18.4. The third-order valence-electron chi connectivity index (χ3n) is 7.28. The summed E-state index contributed by atoms with van der Waals surface area (Å²) in [6.45, 7) is 21.5. The zero-order chi connectivity index (χ0) is 27.3. The van der Waals surface area contributed by atoms with Crippen molar-refractivity contribution < 1.29 is 4.74 Å². The Morgan fingerprint density at radius 2 is 0.946 bits per heavy atom. The van der Waals surface area contributed by atoms with E-state index in [1.807, 2.05) is 12.2 Å². The Morgan fingerprint density at radius 1 is 0.568 bits per heavy atom. The second-order valence-electron chi connectivity index (χ2n) is 12.7. The fourth-order valence-corrected chi connectivity index (χ4v) is 4.72. The van der Waals surface area contributed by atoms with Crippen molar-refractivity contribution in [3.8, 4) is 11.5 Å². The predicted octanol–water partition coefficient (Wildman–Crippen LogP) is 11.4. The number of hydrogen-bond acceptors (Lipinski definition) is 1. The van der Waals surface area contributed by atoms with Crippen LogP contribution in [0.5, 0.6) is 11.5 Å². The molecule has 204 valence electrons. The molecule has 0 aromatic heterocycles. The molecule has 0 aliphatic rings. The average molecular weight is 503 g/mol. The zero-order valence-corrected chi connectivity index (χ0v) is 24.9. The van der Waals surface area contributed by atoms with Crippen molar-refractivity contribution in [3.63, 3.8) is 0 Å². The number of aryl methyl sites for hydroxylation is 2. The normalized spacial score (nSPS) is 11.9. The molecule has 1 heteroatoms. The van der Waals surface area contributed by atoms with E-state index in [9.17, 15) is 0 Å². The third-order valence-corrected chi connectivity index (χ3v) is 7.28. The topological polar surface area (TPSA) is 9.23 Å². The zero-order valence-electron chi connectivity index (χ0n) is 24.9. The van der Waals surface area contributed by atoms with Gasteiger partial charge in [-0.15, -0.1) is 13.2 Å². The van der Waals surface area contributed by atoms with E-state index < -0.39 is 0 Å². The van der Waals surface area contributed by atoms with E-state index in [1.165, 1.54) is 73.6 Å². The smallest absolute Gasteiger partial charge is 0.130 e. The van der Waals surface area contributed by atoms with Gasteiger partial charge >= 0.3 is 0 Å². The van der Waals surface area contributed by atoms with Crippen LogP contribution in [-0.2, 0) is 23.7 Å². The Balaban J connectivity index is 2.26. The van der Waals surface area contributed by atoms with E-state index in [0.29, 0.717) is 0 Å².